The molecule has 0 aliphatic carbocycles. The van der Waals surface area contributed by atoms with E-state index in [0.717, 1.165) is 12.2 Å². The van der Waals surface area contributed by atoms with Gasteiger partial charge in [0.25, 0.3) is 5.91 Å². The van der Waals surface area contributed by atoms with E-state index in [4.69, 9.17) is 9.94 Å². The van der Waals surface area contributed by atoms with Crippen LogP contribution in [0.15, 0.2) is 0 Å². The van der Waals surface area contributed by atoms with Gasteiger partial charge in [-0.15, -0.1) is 11.8 Å². The number of aliphatic hydroxyl groups is 1. The molecule has 8 nitrogen and oxygen atoms in total. The third kappa shape index (κ3) is 6.16. The second kappa shape index (κ2) is 11.3. The first-order chi connectivity index (χ1) is 12.0. The second-order valence-corrected chi connectivity index (χ2v) is 7.06. The maximum atomic E-state index is 12.9. The molecule has 1 aliphatic rings. The van der Waals surface area contributed by atoms with Crippen molar-refractivity contribution in [3.05, 3.63) is 0 Å². The van der Waals surface area contributed by atoms with Gasteiger partial charge >= 0.3 is 5.97 Å². The molecule has 1 fully saturated rings. The number of carbonyl (C=O) groups excluding carboxylic acids is 3. The standard InChI is InChI=1S/C16H28N2O6S/c1-3-5-6-11(13(19)14(20)17-23)15(21)18-10-25-9-7-12(18)16(22)24-8-4-2/h11-13,19,23H,3-10H2,1-2H3,(H,17,20)/t11-,12+,13+/m1/s1. The van der Waals surface area contributed by atoms with Crippen molar-refractivity contribution in [3.63, 3.8) is 0 Å². The highest BCUT2D eigenvalue weighted by Crippen LogP contribution is 2.26. The molecule has 2 amide bonds. The van der Waals surface area contributed by atoms with Crippen molar-refractivity contribution in [2.45, 2.75) is 58.1 Å². The molecule has 1 aliphatic heterocycles. The number of hydrogen-bond donors (Lipinski definition) is 3. The van der Waals surface area contributed by atoms with Crippen LogP contribution in [0.3, 0.4) is 0 Å². The highest BCUT2D eigenvalue weighted by atomic mass is 32.2. The zero-order valence-electron chi connectivity index (χ0n) is 14.8. The van der Waals surface area contributed by atoms with Crippen LogP contribution in [0.1, 0.15) is 46.0 Å². The monoisotopic (exact) mass is 376 g/mol. The molecular formula is C16H28N2O6S. The van der Waals surface area contributed by atoms with Crippen LogP contribution in [0.25, 0.3) is 0 Å². The number of hydroxylamine groups is 1. The zero-order valence-corrected chi connectivity index (χ0v) is 15.6. The van der Waals surface area contributed by atoms with E-state index in [9.17, 15) is 19.5 Å². The fourth-order valence-corrected chi connectivity index (χ4v) is 3.69. The summed E-state index contributed by atoms with van der Waals surface area (Å²) in [5.41, 5.74) is 1.38. The number of nitrogens with zero attached hydrogens (tertiary/aromatic N) is 1. The van der Waals surface area contributed by atoms with Gasteiger partial charge in [-0.05, 0) is 25.0 Å². The quantitative estimate of drug-likeness (QED) is 0.311. The molecule has 0 saturated carbocycles. The van der Waals surface area contributed by atoms with Crippen LogP contribution in [0.5, 0.6) is 0 Å². The van der Waals surface area contributed by atoms with Crippen LogP contribution in [-0.4, -0.2) is 63.4 Å². The lowest BCUT2D eigenvalue weighted by molar-refractivity contribution is -0.159. The van der Waals surface area contributed by atoms with Crippen molar-refractivity contribution < 1.29 is 29.4 Å². The molecule has 0 aromatic rings. The van der Waals surface area contributed by atoms with Gasteiger partial charge in [-0.25, -0.2) is 10.3 Å². The van der Waals surface area contributed by atoms with Crippen molar-refractivity contribution in [2.24, 2.45) is 5.92 Å². The van der Waals surface area contributed by atoms with Gasteiger partial charge < -0.3 is 14.7 Å². The summed E-state index contributed by atoms with van der Waals surface area (Å²) in [5, 5.41) is 18.9. The van der Waals surface area contributed by atoms with E-state index in [1.807, 2.05) is 13.8 Å². The fourth-order valence-electron chi connectivity index (χ4n) is 2.67. The molecular weight excluding hydrogens is 348 g/mol. The SMILES string of the molecule is CCCC[C@@H](C(=O)N1CSCC[C@H]1C(=O)OCCC)[C@H](O)C(=O)NO. The first-order valence-corrected chi connectivity index (χ1v) is 9.80. The van der Waals surface area contributed by atoms with Gasteiger partial charge in [-0.1, -0.05) is 26.7 Å². The van der Waals surface area contributed by atoms with Gasteiger partial charge in [-0.3, -0.25) is 14.8 Å². The molecule has 3 atom stereocenters. The summed E-state index contributed by atoms with van der Waals surface area (Å²) in [5.74, 6) is -1.91. The van der Waals surface area contributed by atoms with Crippen LogP contribution in [0.2, 0.25) is 0 Å². The molecule has 0 aromatic carbocycles. The maximum Gasteiger partial charge on any atom is 0.328 e. The van der Waals surface area contributed by atoms with Crippen LogP contribution in [-0.2, 0) is 19.1 Å². The smallest absolute Gasteiger partial charge is 0.328 e. The number of amides is 2. The van der Waals surface area contributed by atoms with Gasteiger partial charge in [0.2, 0.25) is 5.91 Å². The van der Waals surface area contributed by atoms with E-state index in [1.54, 1.807) is 0 Å². The van der Waals surface area contributed by atoms with E-state index >= 15 is 0 Å². The zero-order chi connectivity index (χ0) is 18.8. The normalized spacial score (nSPS) is 19.8. The predicted molar refractivity (Wildman–Crippen MR) is 92.8 cm³/mol. The van der Waals surface area contributed by atoms with Gasteiger partial charge in [0.1, 0.15) is 12.1 Å². The van der Waals surface area contributed by atoms with Crippen molar-refractivity contribution in [3.8, 4) is 0 Å². The Kier molecular flexibility index (Phi) is 9.84. The summed E-state index contributed by atoms with van der Waals surface area (Å²) in [6, 6.07) is -0.700. The highest BCUT2D eigenvalue weighted by Gasteiger charge is 2.40. The van der Waals surface area contributed by atoms with E-state index in [0.29, 0.717) is 38.2 Å². The largest absolute Gasteiger partial charge is 0.464 e. The number of ether oxygens (including phenoxy) is 1. The van der Waals surface area contributed by atoms with E-state index in [-0.39, 0.29) is 0 Å². The minimum absolute atomic E-state index is 0.291. The van der Waals surface area contributed by atoms with Crippen LogP contribution in [0, 0.1) is 5.92 Å². The molecule has 0 radical (unpaired) electrons. The molecule has 25 heavy (non-hydrogen) atoms. The number of hydrogen-bond acceptors (Lipinski definition) is 7. The molecule has 3 N–H and O–H groups in total. The summed E-state index contributed by atoms with van der Waals surface area (Å²) in [4.78, 5) is 38.2. The van der Waals surface area contributed by atoms with Crippen LogP contribution >= 0.6 is 11.8 Å². The summed E-state index contributed by atoms with van der Waals surface area (Å²) in [6.07, 6.45) is 1.22. The number of thioether (sulfide) groups is 1. The Bertz CT molecular complexity index is 462. The van der Waals surface area contributed by atoms with Crippen molar-refractivity contribution in [1.82, 2.24) is 10.4 Å². The number of esters is 1. The lowest BCUT2D eigenvalue weighted by atomic mass is 9.93. The highest BCUT2D eigenvalue weighted by molar-refractivity contribution is 7.99. The molecule has 0 bridgehead atoms. The van der Waals surface area contributed by atoms with Crippen molar-refractivity contribution >= 4 is 29.5 Å². The molecule has 0 aromatic heterocycles. The van der Waals surface area contributed by atoms with Gasteiger partial charge in [0, 0.05) is 0 Å². The first kappa shape index (κ1) is 21.7. The van der Waals surface area contributed by atoms with Crippen molar-refractivity contribution in [2.75, 3.05) is 18.2 Å². The van der Waals surface area contributed by atoms with Crippen molar-refractivity contribution in [1.29, 1.82) is 0 Å². The Morgan fingerprint density at radius 3 is 2.64 bits per heavy atom. The van der Waals surface area contributed by atoms with Crippen LogP contribution in [0.4, 0.5) is 0 Å². The number of rotatable bonds is 9. The minimum atomic E-state index is -1.66. The fraction of sp³-hybridized carbons (Fsp3) is 0.812. The maximum absolute atomic E-state index is 12.9. The lowest BCUT2D eigenvalue weighted by Gasteiger charge is -2.36. The summed E-state index contributed by atoms with van der Waals surface area (Å²) in [7, 11) is 0. The van der Waals surface area contributed by atoms with E-state index in [2.05, 4.69) is 0 Å². The summed E-state index contributed by atoms with van der Waals surface area (Å²) >= 11 is 1.51. The molecule has 1 rings (SSSR count). The average molecular weight is 376 g/mol. The topological polar surface area (TPSA) is 116 Å². The first-order valence-electron chi connectivity index (χ1n) is 8.64. The Morgan fingerprint density at radius 2 is 2.04 bits per heavy atom. The molecule has 1 heterocycles. The molecule has 9 heteroatoms. The predicted octanol–water partition coefficient (Wildman–Crippen LogP) is 0.904. The second-order valence-electron chi connectivity index (χ2n) is 5.99. The molecule has 144 valence electrons. The molecule has 0 spiro atoms. The summed E-state index contributed by atoms with van der Waals surface area (Å²) in [6.45, 7) is 4.11. The Labute approximate surface area is 152 Å². The Balaban J connectivity index is 2.93. The van der Waals surface area contributed by atoms with Crippen LogP contribution < -0.4 is 5.48 Å². The number of aliphatic hydroxyl groups excluding tert-OH is 1. The third-order valence-electron chi connectivity index (χ3n) is 4.09. The molecule has 1 saturated heterocycles. The third-order valence-corrected chi connectivity index (χ3v) is 5.08. The number of nitrogens with one attached hydrogen (secondary N) is 1. The van der Waals surface area contributed by atoms with E-state index in [1.165, 1.54) is 22.1 Å². The van der Waals surface area contributed by atoms with Gasteiger partial charge in [0.05, 0.1) is 18.4 Å². The lowest BCUT2D eigenvalue weighted by Crippen LogP contribution is -2.53. The van der Waals surface area contributed by atoms with E-state index < -0.39 is 35.8 Å². The Hall–Kier alpha value is -1.32. The summed E-state index contributed by atoms with van der Waals surface area (Å²) < 4.78 is 5.18. The average Bonchev–Trinajstić information content (AvgIpc) is 2.65. The van der Waals surface area contributed by atoms with Gasteiger partial charge in [0.15, 0.2) is 0 Å². The minimum Gasteiger partial charge on any atom is -0.464 e. The molecule has 0 unspecified atom stereocenters. The van der Waals surface area contributed by atoms with Gasteiger partial charge in [-0.2, -0.15) is 0 Å². The Morgan fingerprint density at radius 1 is 1.32 bits per heavy atom. The number of carbonyl (C=O) groups is 3. The number of unbranched alkanes of at least 4 members (excludes halogenated alkanes) is 1.